The van der Waals surface area contributed by atoms with Crippen LogP contribution in [0.2, 0.25) is 0 Å². The third-order valence-electron chi connectivity index (χ3n) is 3.87. The standard InChI is InChI=1S/C15H24N4O.ClH/c1-9(2)14-12(7-17-11(4)18-14)15(20)19-13-8-16-6-5-10(13)3;/h7,9-10,13,16H,5-6,8H2,1-4H3,(H,19,20);1H. The van der Waals surface area contributed by atoms with Gasteiger partial charge in [0.15, 0.2) is 0 Å². The normalized spacial score (nSPS) is 21.8. The van der Waals surface area contributed by atoms with E-state index in [1.807, 2.05) is 20.8 Å². The molecule has 6 heteroatoms. The molecule has 21 heavy (non-hydrogen) atoms. The fraction of sp³-hybridized carbons (Fsp3) is 0.667. The Morgan fingerprint density at radius 2 is 2.19 bits per heavy atom. The largest absolute Gasteiger partial charge is 0.348 e. The van der Waals surface area contributed by atoms with Crippen molar-refractivity contribution >= 4 is 18.3 Å². The van der Waals surface area contributed by atoms with Crippen molar-refractivity contribution in [2.75, 3.05) is 13.1 Å². The summed E-state index contributed by atoms with van der Waals surface area (Å²) in [5, 5.41) is 6.44. The lowest BCUT2D eigenvalue weighted by atomic mass is 9.94. The average Bonchev–Trinajstić information content (AvgIpc) is 2.41. The van der Waals surface area contributed by atoms with Crippen LogP contribution in [-0.4, -0.2) is 35.0 Å². The molecule has 2 unspecified atom stereocenters. The first-order chi connectivity index (χ1) is 9.49. The molecule has 0 bridgehead atoms. The number of carbonyl (C=O) groups is 1. The Balaban J connectivity index is 0.00000220. The highest BCUT2D eigenvalue weighted by atomic mass is 35.5. The van der Waals surface area contributed by atoms with Crippen molar-refractivity contribution in [2.24, 2.45) is 5.92 Å². The summed E-state index contributed by atoms with van der Waals surface area (Å²) in [4.78, 5) is 21.1. The van der Waals surface area contributed by atoms with Gasteiger partial charge in [-0.25, -0.2) is 9.97 Å². The van der Waals surface area contributed by atoms with Crippen molar-refractivity contribution < 1.29 is 4.79 Å². The number of hydrogen-bond acceptors (Lipinski definition) is 4. The van der Waals surface area contributed by atoms with Crippen LogP contribution >= 0.6 is 12.4 Å². The Morgan fingerprint density at radius 3 is 2.81 bits per heavy atom. The first-order valence-corrected chi connectivity index (χ1v) is 7.34. The zero-order valence-electron chi connectivity index (χ0n) is 13.1. The molecule has 1 aromatic heterocycles. The molecule has 1 fully saturated rings. The van der Waals surface area contributed by atoms with E-state index in [9.17, 15) is 4.79 Å². The summed E-state index contributed by atoms with van der Waals surface area (Å²) in [6, 6.07) is 0.178. The van der Waals surface area contributed by atoms with Crippen LogP contribution in [0.3, 0.4) is 0 Å². The van der Waals surface area contributed by atoms with E-state index >= 15 is 0 Å². The molecule has 1 amide bonds. The van der Waals surface area contributed by atoms with Crippen molar-refractivity contribution in [1.82, 2.24) is 20.6 Å². The molecule has 0 aliphatic carbocycles. The first-order valence-electron chi connectivity index (χ1n) is 7.34. The van der Waals surface area contributed by atoms with E-state index in [2.05, 4.69) is 27.5 Å². The van der Waals surface area contributed by atoms with E-state index < -0.39 is 0 Å². The van der Waals surface area contributed by atoms with E-state index in [1.54, 1.807) is 6.20 Å². The Morgan fingerprint density at radius 1 is 1.48 bits per heavy atom. The van der Waals surface area contributed by atoms with Gasteiger partial charge in [0.1, 0.15) is 5.82 Å². The number of nitrogens with zero attached hydrogens (tertiary/aromatic N) is 2. The lowest BCUT2D eigenvalue weighted by Gasteiger charge is -2.30. The third-order valence-corrected chi connectivity index (χ3v) is 3.87. The number of aryl methyl sites for hydroxylation is 1. The summed E-state index contributed by atoms with van der Waals surface area (Å²) in [7, 11) is 0. The van der Waals surface area contributed by atoms with E-state index in [4.69, 9.17) is 0 Å². The second-order valence-electron chi connectivity index (χ2n) is 5.92. The first kappa shape index (κ1) is 17.9. The van der Waals surface area contributed by atoms with Crippen molar-refractivity contribution in [3.05, 3.63) is 23.3 Å². The van der Waals surface area contributed by atoms with Gasteiger partial charge >= 0.3 is 0 Å². The lowest BCUT2D eigenvalue weighted by Crippen LogP contribution is -2.50. The number of hydrogen-bond donors (Lipinski definition) is 2. The van der Waals surface area contributed by atoms with Gasteiger partial charge in [-0.3, -0.25) is 4.79 Å². The van der Waals surface area contributed by atoms with Gasteiger partial charge in [-0.05, 0) is 31.7 Å². The summed E-state index contributed by atoms with van der Waals surface area (Å²) >= 11 is 0. The van der Waals surface area contributed by atoms with Crippen molar-refractivity contribution in [1.29, 1.82) is 0 Å². The number of amides is 1. The molecule has 0 aromatic carbocycles. The Bertz CT molecular complexity index is 493. The van der Waals surface area contributed by atoms with Gasteiger partial charge in [0.2, 0.25) is 0 Å². The Kier molecular flexibility index (Phi) is 6.55. The van der Waals surface area contributed by atoms with Gasteiger partial charge in [-0.15, -0.1) is 12.4 Å². The Labute approximate surface area is 132 Å². The molecule has 2 rings (SSSR count). The molecule has 1 aromatic rings. The molecule has 2 N–H and O–H groups in total. The summed E-state index contributed by atoms with van der Waals surface area (Å²) in [6.07, 6.45) is 2.74. The van der Waals surface area contributed by atoms with Crippen LogP contribution in [0.15, 0.2) is 6.20 Å². The highest BCUT2D eigenvalue weighted by Crippen LogP contribution is 2.18. The van der Waals surface area contributed by atoms with Crippen LogP contribution in [0, 0.1) is 12.8 Å². The summed E-state index contributed by atoms with van der Waals surface area (Å²) in [6.45, 7) is 9.98. The van der Waals surface area contributed by atoms with E-state index in [1.165, 1.54) is 0 Å². The van der Waals surface area contributed by atoms with Crippen LogP contribution in [0.1, 0.15) is 55.0 Å². The van der Waals surface area contributed by atoms with Crippen LogP contribution < -0.4 is 10.6 Å². The van der Waals surface area contributed by atoms with E-state index in [-0.39, 0.29) is 30.3 Å². The van der Waals surface area contributed by atoms with Crippen molar-refractivity contribution in [3.8, 4) is 0 Å². The van der Waals surface area contributed by atoms with Crippen LogP contribution in [0.4, 0.5) is 0 Å². The number of rotatable bonds is 3. The summed E-state index contributed by atoms with van der Waals surface area (Å²) in [5.74, 6) is 1.35. The summed E-state index contributed by atoms with van der Waals surface area (Å²) in [5.41, 5.74) is 1.43. The van der Waals surface area contributed by atoms with E-state index in [0.717, 1.165) is 25.2 Å². The number of carbonyl (C=O) groups excluding carboxylic acids is 1. The van der Waals surface area contributed by atoms with Gasteiger partial charge in [-0.2, -0.15) is 0 Å². The third kappa shape index (κ3) is 4.38. The molecule has 1 saturated heterocycles. The quantitative estimate of drug-likeness (QED) is 0.896. The minimum absolute atomic E-state index is 0. The monoisotopic (exact) mass is 312 g/mol. The Hall–Kier alpha value is -1.20. The van der Waals surface area contributed by atoms with E-state index in [0.29, 0.717) is 17.3 Å². The second-order valence-corrected chi connectivity index (χ2v) is 5.92. The van der Waals surface area contributed by atoms with Gasteiger partial charge < -0.3 is 10.6 Å². The zero-order chi connectivity index (χ0) is 14.7. The van der Waals surface area contributed by atoms with Gasteiger partial charge in [-0.1, -0.05) is 20.8 Å². The van der Waals surface area contributed by atoms with Crippen molar-refractivity contribution in [2.45, 2.75) is 46.1 Å². The fourth-order valence-corrected chi connectivity index (χ4v) is 2.53. The molecule has 2 atom stereocenters. The van der Waals surface area contributed by atoms with Gasteiger partial charge in [0.05, 0.1) is 11.3 Å². The van der Waals surface area contributed by atoms with Crippen molar-refractivity contribution in [3.63, 3.8) is 0 Å². The molecule has 0 radical (unpaired) electrons. The lowest BCUT2D eigenvalue weighted by molar-refractivity contribution is 0.0913. The number of nitrogens with one attached hydrogen (secondary N) is 2. The predicted octanol–water partition coefficient (Wildman–Crippen LogP) is 2.06. The minimum atomic E-state index is -0.0609. The minimum Gasteiger partial charge on any atom is -0.348 e. The fourth-order valence-electron chi connectivity index (χ4n) is 2.53. The van der Waals surface area contributed by atoms with Gasteiger partial charge in [0, 0.05) is 18.8 Å². The maximum atomic E-state index is 12.5. The molecule has 5 nitrogen and oxygen atoms in total. The molecule has 118 valence electrons. The van der Waals surface area contributed by atoms with Crippen LogP contribution in [-0.2, 0) is 0 Å². The smallest absolute Gasteiger partial charge is 0.254 e. The maximum Gasteiger partial charge on any atom is 0.254 e. The molecule has 1 aliphatic heterocycles. The predicted molar refractivity (Wildman–Crippen MR) is 86.0 cm³/mol. The number of halogens is 1. The highest BCUT2D eigenvalue weighted by molar-refractivity contribution is 5.95. The molecule has 1 aliphatic rings. The number of piperidine rings is 1. The molecular formula is C15H25ClN4O. The second kappa shape index (κ2) is 7.71. The molecule has 0 spiro atoms. The highest BCUT2D eigenvalue weighted by Gasteiger charge is 2.25. The molecule has 0 saturated carbocycles. The van der Waals surface area contributed by atoms with Gasteiger partial charge in [0.25, 0.3) is 5.91 Å². The topological polar surface area (TPSA) is 66.9 Å². The molecular weight excluding hydrogens is 288 g/mol. The van der Waals surface area contributed by atoms with Crippen LogP contribution in [0.25, 0.3) is 0 Å². The summed E-state index contributed by atoms with van der Waals surface area (Å²) < 4.78 is 0. The number of aromatic nitrogens is 2. The zero-order valence-corrected chi connectivity index (χ0v) is 14.0. The SMILES string of the molecule is Cc1ncc(C(=O)NC2CNCCC2C)c(C(C)C)n1.Cl. The average molecular weight is 313 g/mol. The van der Waals surface area contributed by atoms with Crippen LogP contribution in [0.5, 0.6) is 0 Å². The molecule has 2 heterocycles. The maximum absolute atomic E-state index is 12.5.